The highest BCUT2D eigenvalue weighted by Crippen LogP contribution is 2.26. The van der Waals surface area contributed by atoms with Gasteiger partial charge in [0, 0.05) is 11.1 Å². The number of anilines is 1. The number of carbonyl (C=O) groups is 2. The Morgan fingerprint density at radius 1 is 1.12 bits per heavy atom. The summed E-state index contributed by atoms with van der Waals surface area (Å²) in [5.74, 6) is -0.604. The van der Waals surface area contributed by atoms with E-state index in [2.05, 4.69) is 15.5 Å². The molecule has 3 aromatic rings. The van der Waals surface area contributed by atoms with Crippen molar-refractivity contribution in [1.29, 1.82) is 0 Å². The minimum Gasteiger partial charge on any atom is -0.296 e. The zero-order valence-electron chi connectivity index (χ0n) is 13.7. The number of nitrogens with zero attached hydrogens (tertiary/aromatic N) is 2. The van der Waals surface area contributed by atoms with Gasteiger partial charge in [0.25, 0.3) is 5.91 Å². The van der Waals surface area contributed by atoms with Gasteiger partial charge in [-0.2, -0.15) is 0 Å². The number of hydrogen-bond donors (Lipinski definition) is 1. The summed E-state index contributed by atoms with van der Waals surface area (Å²) in [6, 6.07) is 12.7. The van der Waals surface area contributed by atoms with Gasteiger partial charge in [-0.3, -0.25) is 14.9 Å². The van der Waals surface area contributed by atoms with Crippen molar-refractivity contribution in [1.82, 2.24) is 10.2 Å². The minimum absolute atomic E-state index is 0.129. The monoisotopic (exact) mass is 387 g/mol. The van der Waals surface area contributed by atoms with Crippen LogP contribution in [-0.4, -0.2) is 27.6 Å². The van der Waals surface area contributed by atoms with E-state index < -0.39 is 0 Å². The Kier molecular flexibility index (Phi) is 5.75. The number of aryl methyl sites for hydroxylation is 1. The zero-order chi connectivity index (χ0) is 18.5. The molecule has 2 aromatic carbocycles. The predicted molar refractivity (Wildman–Crippen MR) is 100 cm³/mol. The van der Waals surface area contributed by atoms with Crippen LogP contribution in [0.5, 0.6) is 0 Å². The number of aromatic nitrogens is 2. The Labute approximate surface area is 157 Å². The molecule has 0 saturated carbocycles. The molecule has 0 spiro atoms. The van der Waals surface area contributed by atoms with Crippen molar-refractivity contribution in [2.24, 2.45) is 0 Å². The molecule has 132 valence electrons. The average Bonchev–Trinajstić information content (AvgIpc) is 3.08. The fourth-order valence-corrected chi connectivity index (χ4v) is 3.80. The van der Waals surface area contributed by atoms with Gasteiger partial charge < -0.3 is 0 Å². The second-order valence-electron chi connectivity index (χ2n) is 5.36. The van der Waals surface area contributed by atoms with Crippen molar-refractivity contribution in [3.8, 4) is 0 Å². The lowest BCUT2D eigenvalue weighted by molar-refractivity contribution is 0.101. The maximum atomic E-state index is 12.9. The number of ketones is 1. The van der Waals surface area contributed by atoms with E-state index in [9.17, 15) is 14.0 Å². The van der Waals surface area contributed by atoms with Crippen LogP contribution in [-0.2, 0) is 0 Å². The second-order valence-corrected chi connectivity index (χ2v) is 7.56. The smallest absolute Gasteiger partial charge is 0.257 e. The summed E-state index contributed by atoms with van der Waals surface area (Å²) < 4.78 is 13.5. The van der Waals surface area contributed by atoms with Gasteiger partial charge in [0.2, 0.25) is 5.13 Å². The first-order valence-corrected chi connectivity index (χ1v) is 9.45. The Balaban J connectivity index is 1.58. The molecule has 0 saturated heterocycles. The SMILES string of the molecule is Cc1ccccc1C(=O)Nc1nnc(SCC(=O)c2ccc(F)cc2)s1. The number of nitrogens with one attached hydrogen (secondary N) is 1. The number of halogens is 1. The van der Waals surface area contributed by atoms with Crippen molar-refractivity contribution >= 4 is 39.9 Å². The van der Waals surface area contributed by atoms with Crippen LogP contribution < -0.4 is 5.32 Å². The van der Waals surface area contributed by atoms with Crippen molar-refractivity contribution < 1.29 is 14.0 Å². The number of Topliss-reactive ketones (excluding diaryl/α,β-unsaturated/α-hetero) is 1. The van der Waals surface area contributed by atoms with Crippen LogP contribution in [0.2, 0.25) is 0 Å². The third-order valence-electron chi connectivity index (χ3n) is 3.51. The maximum absolute atomic E-state index is 12.9. The Morgan fingerprint density at radius 3 is 2.58 bits per heavy atom. The molecule has 0 aliphatic carbocycles. The lowest BCUT2D eigenvalue weighted by Gasteiger charge is -2.03. The Bertz CT molecular complexity index is 942. The van der Waals surface area contributed by atoms with E-state index in [1.165, 1.54) is 47.4 Å². The molecule has 0 radical (unpaired) electrons. The van der Waals surface area contributed by atoms with Gasteiger partial charge >= 0.3 is 0 Å². The van der Waals surface area contributed by atoms with Gasteiger partial charge in [0.1, 0.15) is 5.82 Å². The lowest BCUT2D eigenvalue weighted by Crippen LogP contribution is -2.12. The standard InChI is InChI=1S/C18H14FN3O2S2/c1-11-4-2-3-5-14(11)16(24)20-17-21-22-18(26-17)25-10-15(23)12-6-8-13(19)9-7-12/h2-9H,10H2,1H3,(H,20,21,24). The highest BCUT2D eigenvalue weighted by atomic mass is 32.2. The van der Waals surface area contributed by atoms with Gasteiger partial charge in [-0.25, -0.2) is 4.39 Å². The van der Waals surface area contributed by atoms with E-state index in [0.29, 0.717) is 20.6 Å². The highest BCUT2D eigenvalue weighted by Gasteiger charge is 2.13. The van der Waals surface area contributed by atoms with Gasteiger partial charge in [0.05, 0.1) is 5.75 Å². The molecule has 1 heterocycles. The minimum atomic E-state index is -0.382. The van der Waals surface area contributed by atoms with Crippen LogP contribution in [0.3, 0.4) is 0 Å². The van der Waals surface area contributed by atoms with E-state index in [1.54, 1.807) is 12.1 Å². The number of carbonyl (C=O) groups excluding carboxylic acids is 2. The maximum Gasteiger partial charge on any atom is 0.257 e. The molecule has 1 aromatic heterocycles. The first-order valence-electron chi connectivity index (χ1n) is 7.65. The topological polar surface area (TPSA) is 72.0 Å². The summed E-state index contributed by atoms with van der Waals surface area (Å²) in [5, 5.41) is 11.0. The zero-order valence-corrected chi connectivity index (χ0v) is 15.4. The van der Waals surface area contributed by atoms with E-state index in [1.807, 2.05) is 19.1 Å². The molecular formula is C18H14FN3O2S2. The molecule has 5 nitrogen and oxygen atoms in total. The molecule has 1 amide bonds. The summed E-state index contributed by atoms with van der Waals surface area (Å²) >= 11 is 2.42. The summed E-state index contributed by atoms with van der Waals surface area (Å²) in [4.78, 5) is 24.3. The summed E-state index contributed by atoms with van der Waals surface area (Å²) in [6.45, 7) is 1.86. The third kappa shape index (κ3) is 4.53. The lowest BCUT2D eigenvalue weighted by atomic mass is 10.1. The Morgan fingerprint density at radius 2 is 1.85 bits per heavy atom. The molecule has 0 aliphatic rings. The molecule has 8 heteroatoms. The normalized spacial score (nSPS) is 10.5. The molecule has 0 atom stereocenters. The molecule has 0 unspecified atom stereocenters. The molecule has 3 rings (SSSR count). The first-order chi connectivity index (χ1) is 12.5. The molecule has 26 heavy (non-hydrogen) atoms. The van der Waals surface area contributed by atoms with Crippen LogP contribution in [0.1, 0.15) is 26.3 Å². The number of benzene rings is 2. The number of amides is 1. The van der Waals surface area contributed by atoms with Crippen LogP contribution in [0, 0.1) is 12.7 Å². The van der Waals surface area contributed by atoms with Crippen molar-refractivity contribution in [3.05, 3.63) is 71.0 Å². The largest absolute Gasteiger partial charge is 0.296 e. The molecular weight excluding hydrogens is 373 g/mol. The molecule has 0 fully saturated rings. The predicted octanol–water partition coefficient (Wildman–Crippen LogP) is 4.21. The summed E-state index contributed by atoms with van der Waals surface area (Å²) in [5.41, 5.74) is 1.88. The summed E-state index contributed by atoms with van der Waals surface area (Å²) in [6.07, 6.45) is 0. The fourth-order valence-electron chi connectivity index (χ4n) is 2.16. The molecule has 0 aliphatic heterocycles. The molecule has 0 bridgehead atoms. The van der Waals surface area contributed by atoms with Crippen LogP contribution >= 0.6 is 23.1 Å². The van der Waals surface area contributed by atoms with Gasteiger partial charge in [-0.15, -0.1) is 10.2 Å². The van der Waals surface area contributed by atoms with Crippen LogP contribution in [0.15, 0.2) is 52.9 Å². The van der Waals surface area contributed by atoms with E-state index in [-0.39, 0.29) is 23.3 Å². The van der Waals surface area contributed by atoms with E-state index >= 15 is 0 Å². The Hall–Kier alpha value is -2.58. The third-order valence-corrected chi connectivity index (χ3v) is 5.48. The quantitative estimate of drug-likeness (QED) is 0.390. The van der Waals surface area contributed by atoms with Crippen LogP contribution in [0.4, 0.5) is 9.52 Å². The van der Waals surface area contributed by atoms with Crippen molar-refractivity contribution in [2.45, 2.75) is 11.3 Å². The van der Waals surface area contributed by atoms with Crippen LogP contribution in [0.25, 0.3) is 0 Å². The average molecular weight is 387 g/mol. The summed E-state index contributed by atoms with van der Waals surface area (Å²) in [7, 11) is 0. The first kappa shape index (κ1) is 18.2. The number of thioether (sulfide) groups is 1. The van der Waals surface area contributed by atoms with Gasteiger partial charge in [-0.1, -0.05) is 41.3 Å². The highest BCUT2D eigenvalue weighted by molar-refractivity contribution is 8.01. The van der Waals surface area contributed by atoms with Gasteiger partial charge in [0.15, 0.2) is 10.1 Å². The number of rotatable bonds is 6. The van der Waals surface area contributed by atoms with Crippen molar-refractivity contribution in [2.75, 3.05) is 11.1 Å². The van der Waals surface area contributed by atoms with E-state index in [0.717, 1.165) is 5.56 Å². The second kappa shape index (κ2) is 8.20. The van der Waals surface area contributed by atoms with Crippen molar-refractivity contribution in [3.63, 3.8) is 0 Å². The molecule has 1 N–H and O–H groups in total. The van der Waals surface area contributed by atoms with Gasteiger partial charge in [-0.05, 0) is 42.8 Å². The van der Waals surface area contributed by atoms with E-state index in [4.69, 9.17) is 0 Å². The number of hydrogen-bond acceptors (Lipinski definition) is 6. The fraction of sp³-hybridized carbons (Fsp3) is 0.111.